The van der Waals surface area contributed by atoms with Crippen molar-refractivity contribution < 1.29 is 19.2 Å². The van der Waals surface area contributed by atoms with Gasteiger partial charge in [0, 0.05) is 24.5 Å². The summed E-state index contributed by atoms with van der Waals surface area (Å²) in [6.45, 7) is 0. The first-order chi connectivity index (χ1) is 14.5. The van der Waals surface area contributed by atoms with Crippen LogP contribution in [0.25, 0.3) is 5.65 Å². The Labute approximate surface area is 169 Å². The van der Waals surface area contributed by atoms with E-state index in [0.29, 0.717) is 17.1 Å². The van der Waals surface area contributed by atoms with E-state index in [4.69, 9.17) is 9.47 Å². The summed E-state index contributed by atoms with van der Waals surface area (Å²) < 4.78 is 12.5. The van der Waals surface area contributed by atoms with Crippen molar-refractivity contribution in [2.45, 2.75) is 0 Å². The predicted octanol–water partition coefficient (Wildman–Crippen LogP) is 3.69. The number of fused-ring (bicyclic) bond motifs is 1. The smallest absolute Gasteiger partial charge is 0.275 e. The highest BCUT2D eigenvalue weighted by molar-refractivity contribution is 6.08. The number of carbonyl (C=O) groups is 1. The molecule has 0 atom stereocenters. The molecule has 1 amide bonds. The van der Waals surface area contributed by atoms with Crippen LogP contribution >= 0.6 is 0 Å². The number of ether oxygens (including phenoxy) is 2. The lowest BCUT2D eigenvalue weighted by Gasteiger charge is -2.11. The summed E-state index contributed by atoms with van der Waals surface area (Å²) in [6.07, 6.45) is 4.58. The third-order valence-electron chi connectivity index (χ3n) is 4.18. The van der Waals surface area contributed by atoms with Crippen LogP contribution in [0, 0.1) is 10.1 Å². The first-order valence-corrected chi connectivity index (χ1v) is 8.75. The molecule has 150 valence electrons. The molecule has 0 spiro atoms. The summed E-state index contributed by atoms with van der Waals surface area (Å²) in [7, 11) is 1.49. The molecule has 0 aliphatic rings. The molecule has 0 unspecified atom stereocenters. The molecular formula is C20H15N5O5. The topological polar surface area (TPSA) is 121 Å². The van der Waals surface area contributed by atoms with E-state index < -0.39 is 10.8 Å². The number of nitro benzene ring substituents is 1. The standard InChI is InChI=1S/C20H15N5O5/c1-29-17-5-2-3-6-18(17)30-15-10-13(9-14(11-15)25(27)28)23-20(26)16-12-22-24-8-4-7-21-19(16)24/h2-12H,1H3,(H,23,26). The zero-order chi connectivity index (χ0) is 21.1. The minimum absolute atomic E-state index is 0.169. The maximum absolute atomic E-state index is 12.7. The molecule has 1 N–H and O–H groups in total. The zero-order valence-corrected chi connectivity index (χ0v) is 15.7. The van der Waals surface area contributed by atoms with Gasteiger partial charge in [-0.25, -0.2) is 9.50 Å². The van der Waals surface area contributed by atoms with Gasteiger partial charge < -0.3 is 14.8 Å². The number of para-hydroxylation sites is 2. The summed E-state index contributed by atoms with van der Waals surface area (Å²) in [5, 5.41) is 18.1. The number of methoxy groups -OCH3 is 1. The molecule has 10 heteroatoms. The van der Waals surface area contributed by atoms with Gasteiger partial charge in [0.05, 0.1) is 30.0 Å². The van der Waals surface area contributed by atoms with Gasteiger partial charge in [0.15, 0.2) is 17.1 Å². The number of hydrogen-bond donors (Lipinski definition) is 1. The third-order valence-corrected chi connectivity index (χ3v) is 4.18. The molecule has 0 fully saturated rings. The Morgan fingerprint density at radius 3 is 2.73 bits per heavy atom. The van der Waals surface area contributed by atoms with E-state index in [1.807, 2.05) is 0 Å². The second kappa shape index (κ2) is 7.87. The van der Waals surface area contributed by atoms with Crippen LogP contribution in [0.2, 0.25) is 0 Å². The van der Waals surface area contributed by atoms with Crippen LogP contribution in [0.4, 0.5) is 11.4 Å². The second-order valence-corrected chi connectivity index (χ2v) is 6.13. The average molecular weight is 405 g/mol. The van der Waals surface area contributed by atoms with Crippen LogP contribution in [-0.4, -0.2) is 32.5 Å². The molecule has 4 rings (SSSR count). The summed E-state index contributed by atoms with van der Waals surface area (Å²) in [5.41, 5.74) is 0.547. The molecule has 2 aromatic heterocycles. The van der Waals surface area contributed by atoms with Crippen LogP contribution < -0.4 is 14.8 Å². The fraction of sp³-hybridized carbons (Fsp3) is 0.0500. The van der Waals surface area contributed by atoms with Crippen molar-refractivity contribution in [3.63, 3.8) is 0 Å². The number of nitro groups is 1. The number of nitrogens with one attached hydrogen (secondary N) is 1. The van der Waals surface area contributed by atoms with Gasteiger partial charge in [-0.2, -0.15) is 5.10 Å². The number of hydrogen-bond acceptors (Lipinski definition) is 7. The maximum Gasteiger partial charge on any atom is 0.275 e. The van der Waals surface area contributed by atoms with Gasteiger partial charge in [-0.1, -0.05) is 12.1 Å². The van der Waals surface area contributed by atoms with E-state index in [2.05, 4.69) is 15.4 Å². The summed E-state index contributed by atoms with van der Waals surface area (Å²) in [6, 6.07) is 12.6. The van der Waals surface area contributed by atoms with Gasteiger partial charge in [0.2, 0.25) is 0 Å². The van der Waals surface area contributed by atoms with Crippen molar-refractivity contribution in [3.8, 4) is 17.2 Å². The van der Waals surface area contributed by atoms with E-state index >= 15 is 0 Å². The fourth-order valence-corrected chi connectivity index (χ4v) is 2.84. The van der Waals surface area contributed by atoms with Gasteiger partial charge in [-0.15, -0.1) is 0 Å². The number of aromatic nitrogens is 3. The largest absolute Gasteiger partial charge is 0.493 e. The number of benzene rings is 2. The quantitative estimate of drug-likeness (QED) is 0.383. The molecule has 4 aromatic rings. The number of carbonyl (C=O) groups excluding carboxylic acids is 1. The molecule has 2 aromatic carbocycles. The van der Waals surface area contributed by atoms with Crippen LogP contribution in [0.3, 0.4) is 0 Å². The number of anilines is 1. The van der Waals surface area contributed by atoms with Crippen molar-refractivity contribution in [2.24, 2.45) is 0 Å². The molecule has 0 bridgehead atoms. The molecule has 0 saturated heterocycles. The Morgan fingerprint density at radius 2 is 1.97 bits per heavy atom. The molecule has 0 saturated carbocycles. The van der Waals surface area contributed by atoms with Gasteiger partial charge in [0.25, 0.3) is 11.6 Å². The van der Waals surface area contributed by atoms with Crippen molar-refractivity contribution in [1.29, 1.82) is 0 Å². The first-order valence-electron chi connectivity index (χ1n) is 8.75. The lowest BCUT2D eigenvalue weighted by Crippen LogP contribution is -2.12. The predicted molar refractivity (Wildman–Crippen MR) is 107 cm³/mol. The first kappa shape index (κ1) is 18.9. The van der Waals surface area contributed by atoms with Crippen LogP contribution in [0.1, 0.15) is 10.4 Å². The normalized spacial score (nSPS) is 10.6. The van der Waals surface area contributed by atoms with E-state index in [9.17, 15) is 14.9 Å². The van der Waals surface area contributed by atoms with Crippen LogP contribution in [-0.2, 0) is 0 Å². The second-order valence-electron chi connectivity index (χ2n) is 6.13. The summed E-state index contributed by atoms with van der Waals surface area (Å²) >= 11 is 0. The van der Waals surface area contributed by atoms with Gasteiger partial charge >= 0.3 is 0 Å². The summed E-state index contributed by atoms with van der Waals surface area (Å²) in [5.74, 6) is 0.506. The summed E-state index contributed by atoms with van der Waals surface area (Å²) in [4.78, 5) is 27.6. The van der Waals surface area contributed by atoms with E-state index in [1.165, 1.54) is 36.0 Å². The molecule has 0 aliphatic carbocycles. The average Bonchev–Trinajstić information content (AvgIpc) is 3.18. The molecule has 10 nitrogen and oxygen atoms in total. The Balaban J connectivity index is 1.66. The molecule has 0 aliphatic heterocycles. The Morgan fingerprint density at radius 1 is 1.17 bits per heavy atom. The van der Waals surface area contributed by atoms with E-state index in [1.54, 1.807) is 42.7 Å². The third kappa shape index (κ3) is 3.74. The lowest BCUT2D eigenvalue weighted by atomic mass is 10.2. The number of amides is 1. The van der Waals surface area contributed by atoms with Crippen molar-refractivity contribution in [1.82, 2.24) is 14.6 Å². The van der Waals surface area contributed by atoms with Crippen molar-refractivity contribution in [3.05, 3.63) is 82.8 Å². The SMILES string of the molecule is COc1ccccc1Oc1cc(NC(=O)c2cnn3cccnc23)cc([N+](=O)[O-])c1. The highest BCUT2D eigenvalue weighted by Crippen LogP contribution is 2.34. The van der Waals surface area contributed by atoms with Crippen molar-refractivity contribution >= 4 is 22.9 Å². The highest BCUT2D eigenvalue weighted by atomic mass is 16.6. The maximum atomic E-state index is 12.7. The van der Waals surface area contributed by atoms with E-state index in [-0.39, 0.29) is 22.7 Å². The van der Waals surface area contributed by atoms with Crippen LogP contribution in [0.5, 0.6) is 17.2 Å². The molecule has 30 heavy (non-hydrogen) atoms. The van der Waals surface area contributed by atoms with Gasteiger partial charge in [-0.3, -0.25) is 14.9 Å². The monoisotopic (exact) mass is 405 g/mol. The van der Waals surface area contributed by atoms with Gasteiger partial charge in [-0.05, 0) is 18.2 Å². The van der Waals surface area contributed by atoms with Gasteiger partial charge in [0.1, 0.15) is 11.3 Å². The minimum Gasteiger partial charge on any atom is -0.493 e. The Bertz CT molecular complexity index is 1250. The van der Waals surface area contributed by atoms with E-state index in [0.717, 1.165) is 0 Å². The lowest BCUT2D eigenvalue weighted by molar-refractivity contribution is -0.384. The van der Waals surface area contributed by atoms with Crippen LogP contribution in [0.15, 0.2) is 67.1 Å². The Kier molecular flexibility index (Phi) is 4.95. The Hall–Kier alpha value is -4.47. The minimum atomic E-state index is -0.568. The zero-order valence-electron chi connectivity index (χ0n) is 15.7. The fourth-order valence-electron chi connectivity index (χ4n) is 2.84. The molecular weight excluding hydrogens is 390 g/mol. The highest BCUT2D eigenvalue weighted by Gasteiger charge is 2.17. The number of nitrogens with zero attached hydrogens (tertiary/aromatic N) is 4. The number of non-ortho nitro benzene ring substituents is 1. The molecule has 0 radical (unpaired) electrons. The number of rotatable bonds is 6. The molecule has 2 heterocycles. The van der Waals surface area contributed by atoms with Crippen molar-refractivity contribution in [2.75, 3.05) is 12.4 Å².